The predicted octanol–water partition coefficient (Wildman–Crippen LogP) is 0.525. The summed E-state index contributed by atoms with van der Waals surface area (Å²) < 4.78 is 5.26. The summed E-state index contributed by atoms with van der Waals surface area (Å²) in [5.74, 6) is -0.915. The molecule has 2 rings (SSSR count). The fourth-order valence-electron chi connectivity index (χ4n) is 1.45. The van der Waals surface area contributed by atoms with E-state index < -0.39 is 5.97 Å². The number of carbonyl (C=O) groups excluding carboxylic acids is 1. The molecule has 6 heteroatoms. The van der Waals surface area contributed by atoms with Gasteiger partial charge in [-0.3, -0.25) is 4.79 Å². The van der Waals surface area contributed by atoms with Gasteiger partial charge in [-0.05, 0) is 6.07 Å². The Morgan fingerprint density at radius 1 is 1.62 bits per heavy atom. The maximum atomic E-state index is 11.5. The number of aromatic carboxylic acids is 1. The second-order valence-electron chi connectivity index (χ2n) is 3.40. The molecule has 0 bridgehead atoms. The molecule has 0 unspecified atom stereocenters. The van der Waals surface area contributed by atoms with Crippen molar-refractivity contribution in [2.24, 2.45) is 0 Å². The van der Waals surface area contributed by atoms with Gasteiger partial charge < -0.3 is 14.7 Å². The molecule has 0 aromatic carbocycles. The lowest BCUT2D eigenvalue weighted by Crippen LogP contribution is -2.25. The van der Waals surface area contributed by atoms with Gasteiger partial charge in [-0.15, -0.1) is 0 Å². The second-order valence-corrected chi connectivity index (χ2v) is 3.40. The van der Waals surface area contributed by atoms with Crippen molar-refractivity contribution in [2.75, 3.05) is 18.6 Å². The average molecular weight is 222 g/mol. The highest BCUT2D eigenvalue weighted by atomic mass is 16.5. The van der Waals surface area contributed by atoms with Crippen LogP contribution in [0.4, 0.5) is 5.69 Å². The second kappa shape index (κ2) is 3.80. The van der Waals surface area contributed by atoms with Crippen LogP contribution in [0.1, 0.15) is 16.8 Å². The number of pyridine rings is 1. The van der Waals surface area contributed by atoms with Gasteiger partial charge in [0.05, 0.1) is 18.6 Å². The molecule has 6 nitrogen and oxygen atoms in total. The first-order chi connectivity index (χ1) is 7.59. The number of fused-ring (bicyclic) bond motifs is 1. The Balaban J connectivity index is 2.50. The number of carboxylic acids is 1. The lowest BCUT2D eigenvalue weighted by Gasteiger charge is -2.15. The van der Waals surface area contributed by atoms with E-state index in [-0.39, 0.29) is 24.5 Å². The van der Waals surface area contributed by atoms with Crippen molar-refractivity contribution in [3.63, 3.8) is 0 Å². The molecule has 0 spiro atoms. The smallest absolute Gasteiger partial charge is 0.337 e. The summed E-state index contributed by atoms with van der Waals surface area (Å²) in [5.41, 5.74) is 0.423. The molecule has 0 atom stereocenters. The third-order valence-corrected chi connectivity index (χ3v) is 2.37. The lowest BCUT2D eigenvalue weighted by atomic mass is 10.2. The maximum absolute atomic E-state index is 11.5. The zero-order valence-corrected chi connectivity index (χ0v) is 8.64. The minimum Gasteiger partial charge on any atom is -0.478 e. The van der Waals surface area contributed by atoms with Gasteiger partial charge in [0, 0.05) is 13.2 Å². The first-order valence-corrected chi connectivity index (χ1v) is 4.72. The summed E-state index contributed by atoms with van der Waals surface area (Å²) in [6.07, 6.45) is 1.47. The minimum absolute atomic E-state index is 0.0314. The maximum Gasteiger partial charge on any atom is 0.337 e. The molecule has 1 amide bonds. The predicted molar refractivity (Wildman–Crippen MR) is 54.7 cm³/mol. The summed E-state index contributed by atoms with van der Waals surface area (Å²) in [6.45, 7) is 0.260. The van der Waals surface area contributed by atoms with E-state index in [4.69, 9.17) is 9.84 Å². The monoisotopic (exact) mass is 222 g/mol. The number of nitrogens with zero attached hydrogens (tertiary/aromatic N) is 2. The molecule has 1 aromatic rings. The number of carbonyl (C=O) groups is 2. The topological polar surface area (TPSA) is 79.7 Å². The molecule has 84 valence electrons. The van der Waals surface area contributed by atoms with E-state index in [0.717, 1.165) is 0 Å². The standard InChI is InChI=1S/C10H10N2O4/c1-12-7-4-6(10(14)15)5-11-9(7)16-3-2-8(12)13/h4-5H,2-3H2,1H3,(H,14,15). The highest BCUT2D eigenvalue weighted by molar-refractivity contribution is 5.96. The van der Waals surface area contributed by atoms with E-state index in [1.54, 1.807) is 7.05 Å². The van der Waals surface area contributed by atoms with Gasteiger partial charge in [0.1, 0.15) is 5.69 Å². The third-order valence-electron chi connectivity index (χ3n) is 2.37. The van der Waals surface area contributed by atoms with E-state index in [1.165, 1.54) is 17.2 Å². The largest absolute Gasteiger partial charge is 0.478 e. The molecule has 0 saturated carbocycles. The first-order valence-electron chi connectivity index (χ1n) is 4.72. The molecule has 1 N–H and O–H groups in total. The van der Waals surface area contributed by atoms with Crippen LogP contribution >= 0.6 is 0 Å². The molecule has 0 saturated heterocycles. The van der Waals surface area contributed by atoms with Crippen LogP contribution in [0.15, 0.2) is 12.3 Å². The Bertz CT molecular complexity index is 458. The van der Waals surface area contributed by atoms with E-state index in [0.29, 0.717) is 11.6 Å². The first kappa shape index (κ1) is 10.4. The van der Waals surface area contributed by atoms with Crippen LogP contribution in [-0.2, 0) is 4.79 Å². The summed E-state index contributed by atoms with van der Waals surface area (Å²) >= 11 is 0. The fraction of sp³-hybridized carbons (Fsp3) is 0.300. The number of rotatable bonds is 1. The fourth-order valence-corrected chi connectivity index (χ4v) is 1.45. The number of carboxylic acid groups (broad SMARTS) is 1. The van der Waals surface area contributed by atoms with Gasteiger partial charge in [0.2, 0.25) is 11.8 Å². The van der Waals surface area contributed by atoms with E-state index in [9.17, 15) is 9.59 Å². The number of aromatic nitrogens is 1. The van der Waals surface area contributed by atoms with Crippen molar-refractivity contribution < 1.29 is 19.4 Å². The van der Waals surface area contributed by atoms with Gasteiger partial charge in [-0.2, -0.15) is 0 Å². The Hall–Kier alpha value is -2.11. The van der Waals surface area contributed by atoms with Crippen LogP contribution in [0.5, 0.6) is 5.88 Å². The highest BCUT2D eigenvalue weighted by Gasteiger charge is 2.22. The van der Waals surface area contributed by atoms with Crippen LogP contribution in [0.2, 0.25) is 0 Å². The van der Waals surface area contributed by atoms with E-state index >= 15 is 0 Å². The minimum atomic E-state index is -1.08. The Kier molecular flexibility index (Phi) is 2.47. The summed E-state index contributed by atoms with van der Waals surface area (Å²) in [5, 5.41) is 8.82. The summed E-state index contributed by atoms with van der Waals surface area (Å²) in [6, 6.07) is 1.38. The van der Waals surface area contributed by atoms with Gasteiger partial charge in [0.25, 0.3) is 0 Å². The molecule has 16 heavy (non-hydrogen) atoms. The van der Waals surface area contributed by atoms with Gasteiger partial charge >= 0.3 is 5.97 Å². The average Bonchev–Trinajstić information content (AvgIpc) is 2.40. The van der Waals surface area contributed by atoms with Crippen molar-refractivity contribution in [2.45, 2.75) is 6.42 Å². The SMILES string of the molecule is CN1C(=O)CCOc2ncc(C(=O)O)cc21. The number of hydrogen-bond acceptors (Lipinski definition) is 4. The normalized spacial score (nSPS) is 15.1. The molecule has 1 aliphatic rings. The van der Waals surface area contributed by atoms with Gasteiger partial charge in [0.15, 0.2) is 0 Å². The molecular weight excluding hydrogens is 212 g/mol. The van der Waals surface area contributed by atoms with Crippen LogP contribution in [0.25, 0.3) is 0 Å². The van der Waals surface area contributed by atoms with E-state index in [1.807, 2.05) is 0 Å². The molecule has 2 heterocycles. The molecular formula is C10H10N2O4. The van der Waals surface area contributed by atoms with E-state index in [2.05, 4.69) is 4.98 Å². The Morgan fingerprint density at radius 2 is 2.38 bits per heavy atom. The van der Waals surface area contributed by atoms with Crippen molar-refractivity contribution in [3.8, 4) is 5.88 Å². The molecule has 0 radical (unpaired) electrons. The third kappa shape index (κ3) is 1.69. The number of amides is 1. The zero-order chi connectivity index (χ0) is 11.7. The molecule has 0 fully saturated rings. The highest BCUT2D eigenvalue weighted by Crippen LogP contribution is 2.28. The molecule has 1 aromatic heterocycles. The quantitative estimate of drug-likeness (QED) is 0.749. The number of ether oxygens (including phenoxy) is 1. The van der Waals surface area contributed by atoms with Gasteiger partial charge in [-0.25, -0.2) is 9.78 Å². The lowest BCUT2D eigenvalue weighted by molar-refractivity contribution is -0.118. The summed E-state index contributed by atoms with van der Waals surface area (Å²) in [4.78, 5) is 27.6. The number of hydrogen-bond donors (Lipinski definition) is 1. The van der Waals surface area contributed by atoms with Crippen LogP contribution in [-0.4, -0.2) is 35.6 Å². The van der Waals surface area contributed by atoms with Crippen molar-refractivity contribution >= 4 is 17.6 Å². The molecule has 0 aliphatic carbocycles. The summed E-state index contributed by atoms with van der Waals surface area (Å²) in [7, 11) is 1.57. The Morgan fingerprint density at radius 3 is 3.06 bits per heavy atom. The van der Waals surface area contributed by atoms with Gasteiger partial charge in [-0.1, -0.05) is 0 Å². The van der Waals surface area contributed by atoms with Crippen molar-refractivity contribution in [3.05, 3.63) is 17.8 Å². The van der Waals surface area contributed by atoms with Crippen LogP contribution in [0, 0.1) is 0 Å². The van der Waals surface area contributed by atoms with Crippen molar-refractivity contribution in [1.82, 2.24) is 4.98 Å². The van der Waals surface area contributed by atoms with Crippen LogP contribution in [0.3, 0.4) is 0 Å². The van der Waals surface area contributed by atoms with Crippen LogP contribution < -0.4 is 9.64 Å². The van der Waals surface area contributed by atoms with Crippen molar-refractivity contribution in [1.29, 1.82) is 0 Å². The molecule has 1 aliphatic heterocycles. The Labute approximate surface area is 91.5 Å². The number of anilines is 1. The zero-order valence-electron chi connectivity index (χ0n) is 8.64.